The molecule has 1 rings (SSSR count). The van der Waals surface area contributed by atoms with Crippen molar-refractivity contribution in [3.63, 3.8) is 0 Å². The number of unbranched alkanes of at least 4 members (excludes halogenated alkanes) is 1. The van der Waals surface area contributed by atoms with Crippen molar-refractivity contribution in [3.8, 4) is 0 Å². The van der Waals surface area contributed by atoms with Crippen LogP contribution in [0.15, 0.2) is 0 Å². The van der Waals surface area contributed by atoms with Crippen LogP contribution in [-0.2, 0) is 0 Å². The molecule has 17 heavy (non-hydrogen) atoms. The molecule has 0 N–H and O–H groups in total. The van der Waals surface area contributed by atoms with Gasteiger partial charge in [0.15, 0.2) is 0 Å². The van der Waals surface area contributed by atoms with Crippen LogP contribution in [0.4, 0.5) is 0 Å². The van der Waals surface area contributed by atoms with E-state index in [1.165, 1.54) is 38.5 Å². The number of rotatable bonds is 7. The van der Waals surface area contributed by atoms with Crippen LogP contribution >= 0.6 is 12.6 Å². The third-order valence-corrected chi connectivity index (χ3v) is 6.01. The van der Waals surface area contributed by atoms with Crippen LogP contribution in [0, 0.1) is 16.7 Å². The van der Waals surface area contributed by atoms with E-state index in [9.17, 15) is 0 Å². The minimum absolute atomic E-state index is 0.296. The summed E-state index contributed by atoms with van der Waals surface area (Å²) >= 11 is 4.81. The molecule has 1 aliphatic carbocycles. The zero-order valence-electron chi connectivity index (χ0n) is 12.8. The molecule has 0 heterocycles. The minimum atomic E-state index is 0.296. The van der Waals surface area contributed by atoms with Gasteiger partial charge in [0.2, 0.25) is 0 Å². The molecule has 0 aliphatic heterocycles. The molecule has 1 aliphatic rings. The molecule has 0 radical (unpaired) electrons. The summed E-state index contributed by atoms with van der Waals surface area (Å²) < 4.78 is 0.296. The first-order chi connectivity index (χ1) is 7.71. The molecule has 0 amide bonds. The molecule has 0 aromatic carbocycles. The standard InChI is InChI=1S/C16H32S/c1-7-9-11-15(5,10-8-2)14(3,4)13-12-16(13,6)17/h13,17H,7-12H2,1-6H3. The summed E-state index contributed by atoms with van der Waals surface area (Å²) in [5.41, 5.74) is 0.914. The lowest BCUT2D eigenvalue weighted by Gasteiger charge is -2.46. The van der Waals surface area contributed by atoms with Gasteiger partial charge in [-0.25, -0.2) is 0 Å². The highest BCUT2D eigenvalue weighted by atomic mass is 32.1. The maximum absolute atomic E-state index is 4.81. The summed E-state index contributed by atoms with van der Waals surface area (Å²) in [5, 5.41) is 0. The van der Waals surface area contributed by atoms with E-state index in [0.29, 0.717) is 15.6 Å². The molecule has 102 valence electrons. The summed E-state index contributed by atoms with van der Waals surface area (Å²) in [7, 11) is 0. The van der Waals surface area contributed by atoms with Gasteiger partial charge in [0.05, 0.1) is 0 Å². The van der Waals surface area contributed by atoms with Crippen molar-refractivity contribution in [3.05, 3.63) is 0 Å². The van der Waals surface area contributed by atoms with E-state index >= 15 is 0 Å². The van der Waals surface area contributed by atoms with Gasteiger partial charge in [0.25, 0.3) is 0 Å². The van der Waals surface area contributed by atoms with Gasteiger partial charge in [-0.05, 0) is 36.0 Å². The van der Waals surface area contributed by atoms with Crippen LogP contribution in [0.2, 0.25) is 0 Å². The van der Waals surface area contributed by atoms with Crippen molar-refractivity contribution in [1.82, 2.24) is 0 Å². The van der Waals surface area contributed by atoms with Crippen molar-refractivity contribution < 1.29 is 0 Å². The monoisotopic (exact) mass is 256 g/mol. The van der Waals surface area contributed by atoms with E-state index in [-0.39, 0.29) is 0 Å². The highest BCUT2D eigenvalue weighted by molar-refractivity contribution is 7.82. The SMILES string of the molecule is CCCCC(C)(CCC)C(C)(C)C1CC1(C)S. The highest BCUT2D eigenvalue weighted by Gasteiger charge is 2.59. The fourth-order valence-corrected chi connectivity index (χ4v) is 4.20. The first-order valence-electron chi connectivity index (χ1n) is 7.43. The minimum Gasteiger partial charge on any atom is -0.172 e. The molecule has 0 spiro atoms. The Hall–Kier alpha value is 0.350. The van der Waals surface area contributed by atoms with Gasteiger partial charge < -0.3 is 0 Å². The Morgan fingerprint density at radius 1 is 1.12 bits per heavy atom. The van der Waals surface area contributed by atoms with E-state index in [1.54, 1.807) is 0 Å². The Morgan fingerprint density at radius 3 is 2.00 bits per heavy atom. The maximum atomic E-state index is 4.81. The molecule has 0 aromatic rings. The molecule has 1 heteroatoms. The van der Waals surface area contributed by atoms with Gasteiger partial charge in [-0.2, -0.15) is 12.6 Å². The zero-order chi connectivity index (χ0) is 13.3. The van der Waals surface area contributed by atoms with Crippen LogP contribution in [0.3, 0.4) is 0 Å². The van der Waals surface area contributed by atoms with Crippen LogP contribution < -0.4 is 0 Å². The third-order valence-electron chi connectivity index (χ3n) is 5.52. The summed E-state index contributed by atoms with van der Waals surface area (Å²) in [6.45, 7) is 14.4. The first kappa shape index (κ1) is 15.4. The second-order valence-electron chi connectivity index (χ2n) is 7.25. The smallest absolute Gasteiger partial charge is 0.0139 e. The van der Waals surface area contributed by atoms with Crippen molar-refractivity contribution in [2.75, 3.05) is 0 Å². The predicted molar refractivity (Wildman–Crippen MR) is 81.8 cm³/mol. The second kappa shape index (κ2) is 5.15. The zero-order valence-corrected chi connectivity index (χ0v) is 13.7. The van der Waals surface area contributed by atoms with Crippen LogP contribution in [0.5, 0.6) is 0 Å². The fraction of sp³-hybridized carbons (Fsp3) is 1.00. The average Bonchev–Trinajstić information content (AvgIpc) is 2.86. The lowest BCUT2D eigenvalue weighted by molar-refractivity contribution is 0.0387. The van der Waals surface area contributed by atoms with Gasteiger partial charge in [-0.1, -0.05) is 60.8 Å². The Labute approximate surface area is 114 Å². The number of thiol groups is 1. The van der Waals surface area contributed by atoms with Crippen LogP contribution in [0.25, 0.3) is 0 Å². The quantitative estimate of drug-likeness (QED) is 0.554. The third kappa shape index (κ3) is 3.03. The van der Waals surface area contributed by atoms with E-state index in [1.807, 2.05) is 0 Å². The maximum Gasteiger partial charge on any atom is 0.0139 e. The Kier molecular flexibility index (Phi) is 4.67. The van der Waals surface area contributed by atoms with Gasteiger partial charge in [0, 0.05) is 4.75 Å². The van der Waals surface area contributed by atoms with Crippen molar-refractivity contribution >= 4 is 12.6 Å². The van der Waals surface area contributed by atoms with Crippen LogP contribution in [0.1, 0.15) is 80.1 Å². The van der Waals surface area contributed by atoms with Gasteiger partial charge >= 0.3 is 0 Å². The average molecular weight is 256 g/mol. The number of hydrogen-bond donors (Lipinski definition) is 1. The molecule has 1 saturated carbocycles. The first-order valence-corrected chi connectivity index (χ1v) is 7.88. The van der Waals surface area contributed by atoms with Crippen molar-refractivity contribution in [1.29, 1.82) is 0 Å². The van der Waals surface area contributed by atoms with Crippen molar-refractivity contribution in [2.45, 2.75) is 84.8 Å². The molecule has 1 fully saturated rings. The fourth-order valence-electron chi connectivity index (χ4n) is 3.70. The largest absolute Gasteiger partial charge is 0.172 e. The van der Waals surface area contributed by atoms with Crippen molar-refractivity contribution in [2.24, 2.45) is 16.7 Å². The lowest BCUT2D eigenvalue weighted by atomic mass is 9.59. The molecule has 0 aromatic heterocycles. The van der Waals surface area contributed by atoms with E-state index in [2.05, 4.69) is 41.5 Å². The van der Waals surface area contributed by atoms with Gasteiger partial charge in [0.1, 0.15) is 0 Å². The van der Waals surface area contributed by atoms with E-state index in [0.717, 1.165) is 5.92 Å². The summed E-state index contributed by atoms with van der Waals surface area (Å²) in [4.78, 5) is 0. The second-order valence-corrected chi connectivity index (χ2v) is 8.27. The van der Waals surface area contributed by atoms with E-state index < -0.39 is 0 Å². The molecular weight excluding hydrogens is 224 g/mol. The Balaban J connectivity index is 2.81. The Bertz CT molecular complexity index is 254. The predicted octanol–water partition coefficient (Wildman–Crippen LogP) is 5.72. The van der Waals surface area contributed by atoms with Crippen LogP contribution in [-0.4, -0.2) is 4.75 Å². The molecule has 0 bridgehead atoms. The molecule has 3 unspecified atom stereocenters. The lowest BCUT2D eigenvalue weighted by Crippen LogP contribution is -2.38. The molecule has 0 saturated heterocycles. The van der Waals surface area contributed by atoms with Gasteiger partial charge in [-0.3, -0.25) is 0 Å². The Morgan fingerprint density at radius 2 is 1.65 bits per heavy atom. The highest BCUT2D eigenvalue weighted by Crippen LogP contribution is 2.65. The molecular formula is C16H32S. The van der Waals surface area contributed by atoms with E-state index in [4.69, 9.17) is 12.6 Å². The summed E-state index contributed by atoms with van der Waals surface area (Å²) in [6, 6.07) is 0. The summed E-state index contributed by atoms with van der Waals surface area (Å²) in [6.07, 6.45) is 8.04. The summed E-state index contributed by atoms with van der Waals surface area (Å²) in [5.74, 6) is 0.798. The molecule has 3 atom stereocenters. The topological polar surface area (TPSA) is 0 Å². The normalized spacial score (nSPS) is 32.3. The number of hydrogen-bond acceptors (Lipinski definition) is 1. The molecule has 0 nitrogen and oxygen atoms in total. The van der Waals surface area contributed by atoms with Gasteiger partial charge in [-0.15, -0.1) is 0 Å².